The fourth-order valence-electron chi connectivity index (χ4n) is 2.96. The predicted molar refractivity (Wildman–Crippen MR) is 89.1 cm³/mol. The van der Waals surface area contributed by atoms with Gasteiger partial charge in [0.2, 0.25) is 5.91 Å². The van der Waals surface area contributed by atoms with Crippen LogP contribution in [-0.4, -0.2) is 59.6 Å². The van der Waals surface area contributed by atoms with Crippen molar-refractivity contribution in [1.29, 1.82) is 0 Å². The van der Waals surface area contributed by atoms with E-state index < -0.39 is 0 Å². The van der Waals surface area contributed by atoms with Gasteiger partial charge in [-0.15, -0.1) is 12.4 Å². The lowest BCUT2D eigenvalue weighted by Crippen LogP contribution is -2.51. The van der Waals surface area contributed by atoms with E-state index in [0.29, 0.717) is 25.4 Å². The Balaban J connectivity index is 0.00000192. The van der Waals surface area contributed by atoms with Crippen LogP contribution in [0.2, 0.25) is 0 Å². The van der Waals surface area contributed by atoms with Gasteiger partial charge in [-0.1, -0.05) is 12.1 Å². The lowest BCUT2D eigenvalue weighted by Gasteiger charge is -2.35. The lowest BCUT2D eigenvalue weighted by atomic mass is 10.1. The van der Waals surface area contributed by atoms with Crippen molar-refractivity contribution >= 4 is 18.3 Å². The Kier molecular flexibility index (Phi) is 6.39. The maximum absolute atomic E-state index is 12.9. The molecule has 4 nitrogen and oxygen atoms in total. The minimum atomic E-state index is -0.279. The number of aliphatic hydroxyl groups excluding tert-OH is 1. The van der Waals surface area contributed by atoms with Gasteiger partial charge in [0, 0.05) is 32.7 Å². The van der Waals surface area contributed by atoms with Gasteiger partial charge in [0.15, 0.2) is 0 Å². The van der Waals surface area contributed by atoms with Crippen LogP contribution in [0.25, 0.3) is 0 Å². The van der Waals surface area contributed by atoms with Crippen LogP contribution >= 0.6 is 12.4 Å². The maximum atomic E-state index is 12.9. The van der Waals surface area contributed by atoms with Gasteiger partial charge in [0.25, 0.3) is 0 Å². The van der Waals surface area contributed by atoms with Crippen molar-refractivity contribution in [1.82, 2.24) is 9.80 Å². The number of piperazine rings is 1. The van der Waals surface area contributed by atoms with Crippen LogP contribution in [0, 0.1) is 11.7 Å². The Bertz CT molecular complexity index is 514. The number of carbonyl (C=O) groups is 1. The van der Waals surface area contributed by atoms with Gasteiger partial charge in [0.1, 0.15) is 5.82 Å². The van der Waals surface area contributed by atoms with E-state index in [1.807, 2.05) is 4.90 Å². The molecule has 0 bridgehead atoms. The summed E-state index contributed by atoms with van der Waals surface area (Å²) in [4.78, 5) is 16.4. The zero-order chi connectivity index (χ0) is 15.5. The van der Waals surface area contributed by atoms with Crippen LogP contribution in [-0.2, 0) is 11.2 Å². The number of halogens is 2. The molecule has 3 rings (SSSR count). The predicted octanol–water partition coefficient (Wildman–Crippen LogP) is 1.71. The highest BCUT2D eigenvalue weighted by molar-refractivity contribution is 5.85. The van der Waals surface area contributed by atoms with Crippen molar-refractivity contribution in [2.24, 2.45) is 5.92 Å². The van der Waals surface area contributed by atoms with E-state index in [4.69, 9.17) is 0 Å². The standard InChI is InChI=1S/C17H23FN2O2.ClH/c18-15-5-1-13(2-6-15)11-17(22)20-9-7-19(8-10-20)12-16(21)14-3-4-14;/h1-2,5-6,14,16,21H,3-4,7-12H2;1H. The average Bonchev–Trinajstić information content (AvgIpc) is 3.35. The largest absolute Gasteiger partial charge is 0.392 e. The van der Waals surface area contributed by atoms with Crippen LogP contribution < -0.4 is 0 Å². The molecule has 1 atom stereocenters. The Morgan fingerprint density at radius 1 is 1.17 bits per heavy atom. The van der Waals surface area contributed by atoms with Crippen LogP contribution in [0.15, 0.2) is 24.3 Å². The number of amides is 1. The van der Waals surface area contributed by atoms with Gasteiger partial charge >= 0.3 is 0 Å². The highest BCUT2D eigenvalue weighted by Gasteiger charge is 2.32. The molecule has 128 valence electrons. The zero-order valence-electron chi connectivity index (χ0n) is 13.2. The third-order valence-electron chi connectivity index (χ3n) is 4.61. The Morgan fingerprint density at radius 3 is 2.35 bits per heavy atom. The summed E-state index contributed by atoms with van der Waals surface area (Å²) in [5.74, 6) is 0.311. The summed E-state index contributed by atoms with van der Waals surface area (Å²) in [5, 5.41) is 9.98. The van der Waals surface area contributed by atoms with Crippen molar-refractivity contribution in [3.8, 4) is 0 Å². The van der Waals surface area contributed by atoms with E-state index in [2.05, 4.69) is 4.90 Å². The molecule has 23 heavy (non-hydrogen) atoms. The van der Waals surface area contributed by atoms with Gasteiger partial charge in [-0.2, -0.15) is 0 Å². The summed E-state index contributed by atoms with van der Waals surface area (Å²) >= 11 is 0. The number of benzene rings is 1. The number of aliphatic hydroxyl groups is 1. The van der Waals surface area contributed by atoms with E-state index in [1.54, 1.807) is 12.1 Å². The number of hydrogen-bond donors (Lipinski definition) is 1. The third kappa shape index (κ3) is 5.16. The Morgan fingerprint density at radius 2 is 1.78 bits per heavy atom. The van der Waals surface area contributed by atoms with Gasteiger partial charge in [-0.25, -0.2) is 4.39 Å². The summed E-state index contributed by atoms with van der Waals surface area (Å²) in [6.45, 7) is 3.78. The maximum Gasteiger partial charge on any atom is 0.227 e. The molecule has 0 aromatic heterocycles. The lowest BCUT2D eigenvalue weighted by molar-refractivity contribution is -0.132. The first kappa shape index (κ1) is 18.2. The molecule has 2 aliphatic rings. The van der Waals surface area contributed by atoms with Gasteiger partial charge in [-0.05, 0) is 36.5 Å². The van der Waals surface area contributed by atoms with Crippen LogP contribution in [0.4, 0.5) is 4.39 Å². The van der Waals surface area contributed by atoms with Crippen LogP contribution in [0.3, 0.4) is 0 Å². The van der Waals surface area contributed by atoms with Crippen LogP contribution in [0.1, 0.15) is 18.4 Å². The normalized spacial score (nSPS) is 20.0. The molecule has 1 amide bonds. The second-order valence-corrected chi connectivity index (χ2v) is 6.39. The van der Waals surface area contributed by atoms with Gasteiger partial charge in [-0.3, -0.25) is 9.69 Å². The summed E-state index contributed by atoms with van der Waals surface area (Å²) < 4.78 is 12.9. The summed E-state index contributed by atoms with van der Waals surface area (Å²) in [6, 6.07) is 6.10. The molecule has 1 aliphatic carbocycles. The second kappa shape index (κ2) is 8.08. The van der Waals surface area contributed by atoms with Gasteiger partial charge < -0.3 is 10.0 Å². The molecular weight excluding hydrogens is 319 g/mol. The first-order valence-electron chi connectivity index (χ1n) is 8.04. The molecule has 1 aromatic rings. The van der Waals surface area contributed by atoms with E-state index in [0.717, 1.165) is 38.0 Å². The summed E-state index contributed by atoms with van der Waals surface area (Å²) in [5.41, 5.74) is 0.845. The zero-order valence-corrected chi connectivity index (χ0v) is 14.0. The molecule has 1 heterocycles. The molecule has 0 radical (unpaired) electrons. The Labute approximate surface area is 142 Å². The number of carbonyl (C=O) groups excluding carboxylic acids is 1. The van der Waals surface area contributed by atoms with E-state index in [1.165, 1.54) is 12.1 Å². The highest BCUT2D eigenvalue weighted by atomic mass is 35.5. The smallest absolute Gasteiger partial charge is 0.227 e. The van der Waals surface area contributed by atoms with Crippen molar-refractivity contribution in [2.75, 3.05) is 32.7 Å². The quantitative estimate of drug-likeness (QED) is 0.886. The highest BCUT2D eigenvalue weighted by Crippen LogP contribution is 2.32. The van der Waals surface area contributed by atoms with Crippen molar-refractivity contribution in [2.45, 2.75) is 25.4 Å². The molecule has 1 unspecified atom stereocenters. The molecule has 1 saturated carbocycles. The first-order chi connectivity index (χ1) is 10.6. The van der Waals surface area contributed by atoms with Crippen molar-refractivity contribution in [3.05, 3.63) is 35.6 Å². The minimum absolute atomic E-state index is 0. The number of rotatable bonds is 5. The molecule has 1 aromatic carbocycles. The molecule has 1 N–H and O–H groups in total. The SMILES string of the molecule is Cl.O=C(Cc1ccc(F)cc1)N1CCN(CC(O)C2CC2)CC1. The number of nitrogens with zero attached hydrogens (tertiary/aromatic N) is 2. The van der Waals surface area contributed by atoms with E-state index >= 15 is 0 Å². The third-order valence-corrected chi connectivity index (χ3v) is 4.61. The van der Waals surface area contributed by atoms with Crippen molar-refractivity contribution in [3.63, 3.8) is 0 Å². The minimum Gasteiger partial charge on any atom is -0.392 e. The molecule has 2 fully saturated rings. The molecule has 1 saturated heterocycles. The molecule has 6 heteroatoms. The molecule has 0 spiro atoms. The first-order valence-corrected chi connectivity index (χ1v) is 8.04. The van der Waals surface area contributed by atoms with Gasteiger partial charge in [0.05, 0.1) is 12.5 Å². The second-order valence-electron chi connectivity index (χ2n) is 6.39. The summed E-state index contributed by atoms with van der Waals surface area (Å²) in [7, 11) is 0. The Hall–Kier alpha value is -1.17. The summed E-state index contributed by atoms with van der Waals surface area (Å²) in [6.07, 6.45) is 2.42. The van der Waals surface area contributed by atoms with Crippen molar-refractivity contribution < 1.29 is 14.3 Å². The van der Waals surface area contributed by atoms with Crippen LogP contribution in [0.5, 0.6) is 0 Å². The monoisotopic (exact) mass is 342 g/mol. The van der Waals surface area contributed by atoms with E-state index in [-0.39, 0.29) is 30.2 Å². The number of β-amino-alcohol motifs (C(OH)–C–C–N with tert-alkyl or cyclic N) is 1. The fourth-order valence-corrected chi connectivity index (χ4v) is 2.96. The topological polar surface area (TPSA) is 43.8 Å². The average molecular weight is 343 g/mol. The molecular formula is C17H24ClFN2O2. The molecule has 1 aliphatic heterocycles. The fraction of sp³-hybridized carbons (Fsp3) is 0.588. The van der Waals surface area contributed by atoms with E-state index in [9.17, 15) is 14.3 Å². The number of hydrogen-bond acceptors (Lipinski definition) is 3.